The van der Waals surface area contributed by atoms with Crippen molar-refractivity contribution in [3.8, 4) is 0 Å². The lowest BCUT2D eigenvalue weighted by Gasteiger charge is -2.06. The summed E-state index contributed by atoms with van der Waals surface area (Å²) in [4.78, 5) is 42.6. The van der Waals surface area contributed by atoms with Crippen LogP contribution in [0, 0.1) is 0 Å². The molecular formula is C7H8N2O5. The molecule has 0 aliphatic carbocycles. The smallest absolute Gasteiger partial charge is 0.312 e. The molecule has 7 nitrogen and oxygen atoms in total. The number of amides is 3. The molecule has 1 rings (SSSR count). The van der Waals surface area contributed by atoms with E-state index in [1.54, 1.807) is 0 Å². The molecule has 76 valence electrons. The van der Waals surface area contributed by atoms with E-state index < -0.39 is 36.2 Å². The molecule has 1 atom stereocenters. The number of carbonyl (C=O) groups is 4. The van der Waals surface area contributed by atoms with Crippen molar-refractivity contribution in [2.45, 2.75) is 18.9 Å². The van der Waals surface area contributed by atoms with Gasteiger partial charge in [-0.2, -0.15) is 0 Å². The third-order valence-electron chi connectivity index (χ3n) is 1.62. The fourth-order valence-electron chi connectivity index (χ4n) is 1.05. The molecule has 1 aliphatic heterocycles. The Hall–Kier alpha value is -1.92. The van der Waals surface area contributed by atoms with Crippen molar-refractivity contribution < 1.29 is 24.3 Å². The van der Waals surface area contributed by atoms with Crippen LogP contribution in [-0.2, 0) is 19.2 Å². The number of carboxylic acids is 1. The minimum absolute atomic E-state index is 0.135. The van der Waals surface area contributed by atoms with Crippen LogP contribution < -0.4 is 10.6 Å². The normalized spacial score (nSPS) is 20.4. The van der Waals surface area contributed by atoms with Gasteiger partial charge in [-0.3, -0.25) is 24.5 Å². The molecule has 1 aliphatic rings. The van der Waals surface area contributed by atoms with Gasteiger partial charge in [-0.05, 0) is 0 Å². The molecule has 0 aromatic heterocycles. The van der Waals surface area contributed by atoms with Gasteiger partial charge in [0.05, 0.1) is 6.42 Å². The van der Waals surface area contributed by atoms with Crippen LogP contribution in [0.4, 0.5) is 0 Å². The Labute approximate surface area is 78.5 Å². The number of nitrogens with one attached hydrogen (secondary N) is 2. The topological polar surface area (TPSA) is 113 Å². The van der Waals surface area contributed by atoms with Gasteiger partial charge >= 0.3 is 5.97 Å². The minimum atomic E-state index is -1.28. The van der Waals surface area contributed by atoms with Crippen LogP contribution in [0.5, 0.6) is 0 Å². The molecule has 1 unspecified atom stereocenters. The van der Waals surface area contributed by atoms with Gasteiger partial charge in [-0.25, -0.2) is 0 Å². The Balaban J connectivity index is 2.45. The first-order chi connectivity index (χ1) is 6.49. The Morgan fingerprint density at radius 1 is 1.50 bits per heavy atom. The first kappa shape index (κ1) is 10.2. The molecule has 1 saturated heterocycles. The molecule has 0 bridgehead atoms. The van der Waals surface area contributed by atoms with Crippen LogP contribution >= 0.6 is 0 Å². The monoisotopic (exact) mass is 200 g/mol. The fraction of sp³-hybridized carbons (Fsp3) is 0.429. The van der Waals surface area contributed by atoms with E-state index in [1.807, 2.05) is 5.32 Å². The standard InChI is InChI=1S/C7H8N2O5/c10-4-1-3(7(14)9-4)8-5(11)2-6(12)13/h3H,1-2H2,(H,8,11)(H,12,13)(H,9,10,14). The van der Waals surface area contributed by atoms with Crippen LogP contribution in [0.25, 0.3) is 0 Å². The van der Waals surface area contributed by atoms with E-state index in [2.05, 4.69) is 5.32 Å². The van der Waals surface area contributed by atoms with Crippen molar-refractivity contribution in [2.75, 3.05) is 0 Å². The number of hydrogen-bond donors (Lipinski definition) is 3. The highest BCUT2D eigenvalue weighted by molar-refractivity contribution is 6.07. The molecular weight excluding hydrogens is 192 g/mol. The predicted molar refractivity (Wildman–Crippen MR) is 42.0 cm³/mol. The third-order valence-corrected chi connectivity index (χ3v) is 1.62. The van der Waals surface area contributed by atoms with Crippen molar-refractivity contribution in [1.82, 2.24) is 10.6 Å². The molecule has 7 heteroatoms. The van der Waals surface area contributed by atoms with Crippen LogP contribution in [0.3, 0.4) is 0 Å². The van der Waals surface area contributed by atoms with Crippen LogP contribution in [0.2, 0.25) is 0 Å². The summed E-state index contributed by atoms with van der Waals surface area (Å²) < 4.78 is 0. The van der Waals surface area contributed by atoms with E-state index in [0.29, 0.717) is 0 Å². The average molecular weight is 200 g/mol. The van der Waals surface area contributed by atoms with Crippen molar-refractivity contribution >= 4 is 23.7 Å². The number of aliphatic carboxylic acids is 1. The SMILES string of the molecule is O=C(O)CC(=O)NC1CC(=O)NC1=O. The number of carboxylic acid groups (broad SMARTS) is 1. The van der Waals surface area contributed by atoms with E-state index in [4.69, 9.17) is 5.11 Å². The summed E-state index contributed by atoms with van der Waals surface area (Å²) in [6.45, 7) is 0. The molecule has 0 aromatic rings. The molecule has 1 fully saturated rings. The van der Waals surface area contributed by atoms with Gasteiger partial charge < -0.3 is 10.4 Å². The molecule has 0 aromatic carbocycles. The minimum Gasteiger partial charge on any atom is -0.481 e. The second-order valence-corrected chi connectivity index (χ2v) is 2.81. The van der Waals surface area contributed by atoms with Crippen molar-refractivity contribution in [3.63, 3.8) is 0 Å². The highest BCUT2D eigenvalue weighted by atomic mass is 16.4. The Bertz CT molecular complexity index is 311. The highest BCUT2D eigenvalue weighted by Gasteiger charge is 2.31. The highest BCUT2D eigenvalue weighted by Crippen LogP contribution is 2.01. The summed E-state index contributed by atoms with van der Waals surface area (Å²) in [7, 11) is 0. The fourth-order valence-corrected chi connectivity index (χ4v) is 1.05. The predicted octanol–water partition coefficient (Wildman–Crippen LogP) is -2.01. The van der Waals surface area contributed by atoms with E-state index >= 15 is 0 Å². The van der Waals surface area contributed by atoms with Gasteiger partial charge in [0.15, 0.2) is 0 Å². The van der Waals surface area contributed by atoms with Crippen molar-refractivity contribution in [2.24, 2.45) is 0 Å². The molecule has 0 saturated carbocycles. The first-order valence-corrected chi connectivity index (χ1v) is 3.84. The number of rotatable bonds is 3. The van der Waals surface area contributed by atoms with Crippen LogP contribution in [-0.4, -0.2) is 34.8 Å². The van der Waals surface area contributed by atoms with E-state index in [1.165, 1.54) is 0 Å². The summed E-state index contributed by atoms with van der Waals surface area (Å²) in [5, 5.41) is 12.4. The third kappa shape index (κ3) is 2.54. The van der Waals surface area contributed by atoms with Gasteiger partial charge in [-0.1, -0.05) is 0 Å². The van der Waals surface area contributed by atoms with E-state index in [-0.39, 0.29) is 6.42 Å². The lowest BCUT2D eigenvalue weighted by atomic mass is 10.2. The molecule has 3 N–H and O–H groups in total. The number of imide groups is 1. The van der Waals surface area contributed by atoms with Gasteiger partial charge in [0.1, 0.15) is 12.5 Å². The maximum absolute atomic E-state index is 10.9. The second kappa shape index (κ2) is 3.86. The summed E-state index contributed by atoms with van der Waals surface area (Å²) >= 11 is 0. The average Bonchev–Trinajstić information content (AvgIpc) is 2.28. The zero-order valence-corrected chi connectivity index (χ0v) is 7.07. The summed E-state index contributed by atoms with van der Waals surface area (Å²) in [5.74, 6) is -3.15. The van der Waals surface area contributed by atoms with E-state index in [0.717, 1.165) is 0 Å². The van der Waals surface area contributed by atoms with Gasteiger partial charge in [-0.15, -0.1) is 0 Å². The maximum atomic E-state index is 10.9. The second-order valence-electron chi connectivity index (χ2n) is 2.81. The Morgan fingerprint density at radius 2 is 2.14 bits per heavy atom. The zero-order valence-electron chi connectivity index (χ0n) is 7.07. The molecule has 3 amide bonds. The van der Waals surface area contributed by atoms with Crippen LogP contribution in [0.1, 0.15) is 12.8 Å². The number of carbonyl (C=O) groups excluding carboxylic acids is 3. The Morgan fingerprint density at radius 3 is 2.57 bits per heavy atom. The van der Waals surface area contributed by atoms with Crippen LogP contribution in [0.15, 0.2) is 0 Å². The summed E-state index contributed by atoms with van der Waals surface area (Å²) in [5.41, 5.74) is 0. The van der Waals surface area contributed by atoms with Crippen molar-refractivity contribution in [1.29, 1.82) is 0 Å². The first-order valence-electron chi connectivity index (χ1n) is 3.84. The number of hydrogen-bond acceptors (Lipinski definition) is 4. The molecule has 1 heterocycles. The maximum Gasteiger partial charge on any atom is 0.312 e. The summed E-state index contributed by atoms with van der Waals surface area (Å²) in [6, 6.07) is -0.936. The lowest BCUT2D eigenvalue weighted by Crippen LogP contribution is -2.40. The molecule has 14 heavy (non-hydrogen) atoms. The lowest BCUT2D eigenvalue weighted by molar-refractivity contribution is -0.141. The molecule has 0 radical (unpaired) electrons. The Kier molecular flexibility index (Phi) is 2.80. The van der Waals surface area contributed by atoms with Gasteiger partial charge in [0.25, 0.3) is 0 Å². The van der Waals surface area contributed by atoms with Gasteiger partial charge in [0, 0.05) is 0 Å². The quantitative estimate of drug-likeness (QED) is 0.360. The zero-order chi connectivity index (χ0) is 10.7. The summed E-state index contributed by atoms with van der Waals surface area (Å²) in [6.07, 6.45) is -0.845. The van der Waals surface area contributed by atoms with Gasteiger partial charge in [0.2, 0.25) is 17.7 Å². The van der Waals surface area contributed by atoms with Crippen molar-refractivity contribution in [3.05, 3.63) is 0 Å². The van der Waals surface area contributed by atoms with E-state index in [9.17, 15) is 19.2 Å². The largest absolute Gasteiger partial charge is 0.481 e. The molecule has 0 spiro atoms.